The van der Waals surface area contributed by atoms with Crippen LogP contribution >= 0.6 is 11.3 Å². The number of thiophene rings is 1. The molecule has 0 saturated carbocycles. The van der Waals surface area contributed by atoms with Crippen LogP contribution in [0.5, 0.6) is 0 Å². The molecule has 1 N–H and O–H groups in total. The third-order valence-corrected chi connectivity index (χ3v) is 3.51. The topological polar surface area (TPSA) is 103 Å². The SMILES string of the molecule is COC(=O)c1cn(Cc2nc3ccsc3c(=O)[nH]2)nn1. The van der Waals surface area contributed by atoms with Crippen LogP contribution in [0.1, 0.15) is 16.3 Å². The Hall–Kier alpha value is -2.55. The maximum Gasteiger partial charge on any atom is 0.360 e. The Morgan fingerprint density at radius 1 is 1.55 bits per heavy atom. The van der Waals surface area contributed by atoms with E-state index in [1.165, 1.54) is 29.3 Å². The molecule has 0 amide bonds. The summed E-state index contributed by atoms with van der Waals surface area (Å²) in [5.74, 6) is -0.117. The first kappa shape index (κ1) is 12.5. The van der Waals surface area contributed by atoms with Crippen LogP contribution in [0.25, 0.3) is 10.2 Å². The second kappa shape index (κ2) is 4.85. The van der Waals surface area contributed by atoms with Gasteiger partial charge in [0.25, 0.3) is 5.56 Å². The summed E-state index contributed by atoms with van der Waals surface area (Å²) in [4.78, 5) is 30.1. The molecule has 3 aromatic rings. The van der Waals surface area contributed by atoms with Gasteiger partial charge in [-0.1, -0.05) is 5.21 Å². The quantitative estimate of drug-likeness (QED) is 0.701. The number of aromatic nitrogens is 5. The number of aromatic amines is 1. The van der Waals surface area contributed by atoms with Gasteiger partial charge in [-0.25, -0.2) is 14.5 Å². The van der Waals surface area contributed by atoms with Crippen molar-refractivity contribution >= 4 is 27.5 Å². The number of fused-ring (bicyclic) bond motifs is 1. The Labute approximate surface area is 116 Å². The molecule has 0 aliphatic carbocycles. The fourth-order valence-electron chi connectivity index (χ4n) is 1.72. The molecule has 0 aliphatic heterocycles. The molecule has 0 radical (unpaired) electrons. The van der Waals surface area contributed by atoms with E-state index in [9.17, 15) is 9.59 Å². The molecule has 0 unspecified atom stereocenters. The van der Waals surface area contributed by atoms with Crippen molar-refractivity contribution in [2.24, 2.45) is 0 Å². The van der Waals surface area contributed by atoms with Crippen LogP contribution in [-0.2, 0) is 11.3 Å². The molecule has 0 atom stereocenters. The van der Waals surface area contributed by atoms with Crippen molar-refractivity contribution in [1.82, 2.24) is 25.0 Å². The number of rotatable bonds is 3. The molecule has 0 saturated heterocycles. The lowest BCUT2D eigenvalue weighted by Gasteiger charge is -2.00. The van der Waals surface area contributed by atoms with Crippen LogP contribution in [-0.4, -0.2) is 38.0 Å². The van der Waals surface area contributed by atoms with Crippen molar-refractivity contribution in [2.75, 3.05) is 7.11 Å². The molecule has 3 aromatic heterocycles. The van der Waals surface area contributed by atoms with E-state index in [2.05, 4.69) is 25.0 Å². The molecule has 20 heavy (non-hydrogen) atoms. The lowest BCUT2D eigenvalue weighted by Crippen LogP contribution is -2.13. The van der Waals surface area contributed by atoms with Gasteiger partial charge < -0.3 is 9.72 Å². The van der Waals surface area contributed by atoms with E-state index in [1.807, 2.05) is 5.38 Å². The van der Waals surface area contributed by atoms with Gasteiger partial charge in [-0.15, -0.1) is 16.4 Å². The van der Waals surface area contributed by atoms with Crippen LogP contribution in [0.4, 0.5) is 0 Å². The fraction of sp³-hybridized carbons (Fsp3) is 0.182. The summed E-state index contributed by atoms with van der Waals surface area (Å²) in [5, 5.41) is 9.27. The molecule has 0 aliphatic rings. The molecule has 0 bridgehead atoms. The third kappa shape index (κ3) is 2.18. The first-order valence-corrected chi connectivity index (χ1v) is 6.50. The summed E-state index contributed by atoms with van der Waals surface area (Å²) >= 11 is 1.34. The second-order valence-corrected chi connectivity index (χ2v) is 4.86. The number of nitrogens with one attached hydrogen (secondary N) is 1. The van der Waals surface area contributed by atoms with E-state index >= 15 is 0 Å². The summed E-state index contributed by atoms with van der Waals surface area (Å²) in [5.41, 5.74) is 0.557. The lowest BCUT2D eigenvalue weighted by molar-refractivity contribution is 0.0594. The molecule has 3 heterocycles. The monoisotopic (exact) mass is 291 g/mol. The third-order valence-electron chi connectivity index (χ3n) is 2.61. The molecular formula is C11H9N5O3S. The Kier molecular flexibility index (Phi) is 3.03. The lowest BCUT2D eigenvalue weighted by atomic mass is 10.4. The zero-order valence-corrected chi connectivity index (χ0v) is 11.2. The minimum atomic E-state index is -0.564. The van der Waals surface area contributed by atoms with Gasteiger partial charge >= 0.3 is 5.97 Å². The van der Waals surface area contributed by atoms with Gasteiger partial charge in [0.05, 0.1) is 18.8 Å². The maximum atomic E-state index is 11.8. The smallest absolute Gasteiger partial charge is 0.360 e. The number of nitrogens with zero attached hydrogens (tertiary/aromatic N) is 4. The van der Waals surface area contributed by atoms with Gasteiger partial charge in [0.2, 0.25) is 0 Å². The highest BCUT2D eigenvalue weighted by atomic mass is 32.1. The van der Waals surface area contributed by atoms with Crippen molar-refractivity contribution in [3.05, 3.63) is 39.5 Å². The normalized spacial score (nSPS) is 10.8. The van der Waals surface area contributed by atoms with Gasteiger partial charge in [-0.3, -0.25) is 4.79 Å². The molecule has 0 fully saturated rings. The minimum Gasteiger partial charge on any atom is -0.464 e. The second-order valence-electron chi connectivity index (χ2n) is 3.94. The summed E-state index contributed by atoms with van der Waals surface area (Å²) < 4.78 is 6.53. The molecule has 0 aromatic carbocycles. The van der Waals surface area contributed by atoms with Gasteiger partial charge in [0.15, 0.2) is 5.69 Å². The first-order chi connectivity index (χ1) is 9.67. The predicted molar refractivity (Wildman–Crippen MR) is 70.7 cm³/mol. The highest BCUT2D eigenvalue weighted by Gasteiger charge is 2.12. The number of carbonyl (C=O) groups is 1. The van der Waals surface area contributed by atoms with Crippen molar-refractivity contribution < 1.29 is 9.53 Å². The fourth-order valence-corrected chi connectivity index (χ4v) is 2.45. The number of hydrogen-bond donors (Lipinski definition) is 1. The number of H-pyrrole nitrogens is 1. The average Bonchev–Trinajstić information content (AvgIpc) is 3.07. The Morgan fingerprint density at radius 2 is 2.40 bits per heavy atom. The van der Waals surface area contributed by atoms with E-state index in [4.69, 9.17) is 0 Å². The summed E-state index contributed by atoms with van der Waals surface area (Å²) in [6, 6.07) is 1.78. The van der Waals surface area contributed by atoms with Crippen LogP contribution < -0.4 is 5.56 Å². The van der Waals surface area contributed by atoms with E-state index < -0.39 is 5.97 Å². The molecule has 8 nitrogen and oxygen atoms in total. The Bertz CT molecular complexity index is 834. The van der Waals surface area contributed by atoms with E-state index in [0.29, 0.717) is 16.0 Å². The number of methoxy groups -OCH3 is 1. The number of esters is 1. The molecule has 102 valence electrons. The largest absolute Gasteiger partial charge is 0.464 e. The maximum absolute atomic E-state index is 11.8. The molecule has 3 rings (SSSR count). The molecule has 0 spiro atoms. The van der Waals surface area contributed by atoms with Crippen molar-refractivity contribution in [3.63, 3.8) is 0 Å². The van der Waals surface area contributed by atoms with Gasteiger partial charge in [0, 0.05) is 0 Å². The average molecular weight is 291 g/mol. The van der Waals surface area contributed by atoms with E-state index in [-0.39, 0.29) is 17.8 Å². The summed E-state index contributed by atoms with van der Waals surface area (Å²) in [6.07, 6.45) is 1.43. The van der Waals surface area contributed by atoms with E-state index in [0.717, 1.165) is 0 Å². The van der Waals surface area contributed by atoms with Crippen molar-refractivity contribution in [1.29, 1.82) is 0 Å². The number of hydrogen-bond acceptors (Lipinski definition) is 7. The summed E-state index contributed by atoms with van der Waals surface area (Å²) in [7, 11) is 1.27. The minimum absolute atomic E-state index is 0.103. The summed E-state index contributed by atoms with van der Waals surface area (Å²) in [6.45, 7) is 0.213. The highest BCUT2D eigenvalue weighted by Crippen LogP contribution is 2.13. The van der Waals surface area contributed by atoms with Gasteiger partial charge in [-0.05, 0) is 11.4 Å². The molecule has 9 heteroatoms. The van der Waals surface area contributed by atoms with Gasteiger partial charge in [-0.2, -0.15) is 0 Å². The zero-order chi connectivity index (χ0) is 14.1. The standard InChI is InChI=1S/C11H9N5O3S/c1-19-11(18)7-4-16(15-14-7)5-8-12-6-2-3-20-9(6)10(17)13-8/h2-4H,5H2,1H3,(H,12,13,17). The number of ether oxygens (including phenoxy) is 1. The highest BCUT2D eigenvalue weighted by molar-refractivity contribution is 7.17. The van der Waals surface area contributed by atoms with Crippen LogP contribution in [0.15, 0.2) is 22.4 Å². The van der Waals surface area contributed by atoms with Crippen LogP contribution in [0.3, 0.4) is 0 Å². The zero-order valence-electron chi connectivity index (χ0n) is 10.4. The first-order valence-electron chi connectivity index (χ1n) is 5.62. The predicted octanol–water partition coefficient (Wildman–Crippen LogP) is 0.411. The van der Waals surface area contributed by atoms with Crippen LogP contribution in [0, 0.1) is 0 Å². The Balaban J connectivity index is 1.91. The van der Waals surface area contributed by atoms with E-state index in [1.54, 1.807) is 6.07 Å². The number of carbonyl (C=O) groups excluding carboxylic acids is 1. The molecular weight excluding hydrogens is 282 g/mol. The van der Waals surface area contributed by atoms with Crippen molar-refractivity contribution in [2.45, 2.75) is 6.54 Å². The Morgan fingerprint density at radius 3 is 3.20 bits per heavy atom. The van der Waals surface area contributed by atoms with Crippen molar-refractivity contribution in [3.8, 4) is 0 Å². The van der Waals surface area contributed by atoms with Gasteiger partial charge in [0.1, 0.15) is 17.1 Å². The van der Waals surface area contributed by atoms with Crippen LogP contribution in [0.2, 0.25) is 0 Å².